The number of hydrogen-bond acceptors (Lipinski definition) is 6. The highest BCUT2D eigenvalue weighted by atomic mass is 32.1. The number of nitrogens with zero attached hydrogens (tertiary/aromatic N) is 5. The van der Waals surface area contributed by atoms with E-state index in [4.69, 9.17) is 15.0 Å². The summed E-state index contributed by atoms with van der Waals surface area (Å²) in [6.45, 7) is 0. The van der Waals surface area contributed by atoms with Crippen LogP contribution in [0, 0.1) is 0 Å². The van der Waals surface area contributed by atoms with Gasteiger partial charge in [-0.2, -0.15) is 9.97 Å². The lowest BCUT2D eigenvalue weighted by Crippen LogP contribution is -2.12. The van der Waals surface area contributed by atoms with Crippen molar-refractivity contribution >= 4 is 138 Å². The molecule has 22 rings (SSSR count). The lowest BCUT2D eigenvalue weighted by atomic mass is 9.94. The molecule has 0 fully saturated rings. The topological polar surface area (TPSA) is 48.5 Å². The van der Waals surface area contributed by atoms with Gasteiger partial charge in [0.2, 0.25) is 5.95 Å². The number of para-hydroxylation sites is 2. The Hall–Kier alpha value is -12.4. The minimum Gasteiger partial charge on any atom is -0.309 e. The summed E-state index contributed by atoms with van der Waals surface area (Å²) in [4.78, 5) is 16.9. The fourth-order valence-electron chi connectivity index (χ4n) is 16.4. The molecular weight excluding hydrogens is 1300 g/mol. The van der Waals surface area contributed by atoms with E-state index in [0.29, 0.717) is 17.6 Å². The molecule has 6 heterocycles. The van der Waals surface area contributed by atoms with Gasteiger partial charge in [-0.3, -0.25) is 4.57 Å². The van der Waals surface area contributed by atoms with Crippen LogP contribution in [-0.2, 0) is 0 Å². The first-order valence-electron chi connectivity index (χ1n) is 34.6. The Morgan fingerprint density at radius 1 is 0.225 bits per heavy atom. The molecule has 1 aliphatic rings. The van der Waals surface area contributed by atoms with Crippen molar-refractivity contribution in [1.82, 2.24) is 24.1 Å². The molecule has 0 radical (unpaired) electrons. The Balaban J connectivity index is 0.646. The van der Waals surface area contributed by atoms with Crippen molar-refractivity contribution < 1.29 is 0 Å². The van der Waals surface area contributed by atoms with Crippen LogP contribution < -0.4 is 0 Å². The predicted molar refractivity (Wildman–Crippen MR) is 433 cm³/mol. The van der Waals surface area contributed by atoms with Crippen LogP contribution in [0.1, 0.15) is 22.9 Å². The number of hydrogen-bond donors (Lipinski definition) is 0. The van der Waals surface area contributed by atoms with Crippen molar-refractivity contribution in [1.29, 1.82) is 0 Å². The van der Waals surface area contributed by atoms with E-state index in [2.05, 4.69) is 337 Å². The van der Waals surface area contributed by atoms with Gasteiger partial charge in [0.15, 0.2) is 5.82 Å². The Morgan fingerprint density at radius 2 is 0.618 bits per heavy atom. The van der Waals surface area contributed by atoms with Crippen LogP contribution in [0.25, 0.3) is 194 Å². The van der Waals surface area contributed by atoms with Gasteiger partial charge in [0.05, 0.1) is 28.0 Å². The molecule has 474 valence electrons. The maximum absolute atomic E-state index is 5.70. The molecule has 6 aromatic heterocycles. The van der Waals surface area contributed by atoms with Gasteiger partial charge in [-0.1, -0.05) is 212 Å². The maximum Gasteiger partial charge on any atom is 0.238 e. The standard InChI is InChI=1S/C94H55N5S3/c1-2-25-73-67(19-1)75-49-59(62-38-44-88-78(52-62)70-22-5-10-28-85(70)100-88)35-41-74(75)91(73)93-95-92(96-94(97-93)99-82-27-9-4-21-69(82)77-51-61(37-43-84(77)99)64-40-46-90-80(54-64)72-24-7-12-30-87(72)102-90)65-17-13-15-57(47-65)55-31-33-56(34-32-55)58-16-14-18-66(48-58)98-81-26-8-3-20-68(81)76-50-60(36-42-83(76)98)63-39-45-89-79(53-63)71-23-6-11-29-86(71)101-89/h1-54,91H. The zero-order valence-corrected chi connectivity index (χ0v) is 57.2. The van der Waals surface area contributed by atoms with E-state index < -0.39 is 0 Å². The van der Waals surface area contributed by atoms with Gasteiger partial charge < -0.3 is 4.57 Å². The lowest BCUT2D eigenvalue weighted by molar-refractivity contribution is 0.823. The molecule has 0 spiro atoms. The number of benzene rings is 15. The Morgan fingerprint density at radius 3 is 1.20 bits per heavy atom. The first-order valence-corrected chi connectivity index (χ1v) is 37.1. The lowest BCUT2D eigenvalue weighted by Gasteiger charge is -2.17. The second kappa shape index (κ2) is 22.5. The van der Waals surface area contributed by atoms with Crippen molar-refractivity contribution in [3.05, 3.63) is 345 Å². The van der Waals surface area contributed by atoms with E-state index in [0.717, 1.165) is 60.9 Å². The summed E-state index contributed by atoms with van der Waals surface area (Å²) in [5.74, 6) is 1.61. The molecule has 1 atom stereocenters. The van der Waals surface area contributed by atoms with Crippen molar-refractivity contribution in [3.63, 3.8) is 0 Å². The minimum atomic E-state index is -0.270. The van der Waals surface area contributed by atoms with E-state index in [9.17, 15) is 0 Å². The molecule has 0 saturated carbocycles. The van der Waals surface area contributed by atoms with E-state index in [1.54, 1.807) is 0 Å². The summed E-state index contributed by atoms with van der Waals surface area (Å²) < 4.78 is 12.5. The number of fused-ring (bicyclic) bond motifs is 18. The molecule has 0 saturated heterocycles. The van der Waals surface area contributed by atoms with Crippen LogP contribution in [0.15, 0.2) is 328 Å². The summed E-state index contributed by atoms with van der Waals surface area (Å²) in [5.41, 5.74) is 22.8. The third-order valence-corrected chi connectivity index (χ3v) is 24.7. The molecule has 102 heavy (non-hydrogen) atoms. The molecule has 1 aliphatic carbocycles. The van der Waals surface area contributed by atoms with Crippen LogP contribution in [0.2, 0.25) is 0 Å². The number of thiophene rings is 3. The molecular formula is C94H55N5S3. The first kappa shape index (κ1) is 57.5. The van der Waals surface area contributed by atoms with Gasteiger partial charge in [0, 0.05) is 93.3 Å². The zero-order chi connectivity index (χ0) is 66.7. The second-order valence-electron chi connectivity index (χ2n) is 26.9. The van der Waals surface area contributed by atoms with Crippen molar-refractivity contribution in [2.24, 2.45) is 0 Å². The molecule has 5 nitrogen and oxygen atoms in total. The molecule has 0 aliphatic heterocycles. The van der Waals surface area contributed by atoms with Crippen LogP contribution >= 0.6 is 34.0 Å². The molecule has 1 unspecified atom stereocenters. The SMILES string of the molecule is c1cc(-c2ccc(-c3cccc(-n4c5ccccc5c5cc(-c6ccc7sc8ccccc8c7c6)ccc54)c3)cc2)cc(-c2nc(C3c4ccccc4-c4cc(-c5ccc6sc7ccccc7c6c5)ccc43)nc(-n3c4ccccc4c4cc(-c5ccc6sc7ccccc7c6c5)ccc43)n2)c1. The zero-order valence-electron chi connectivity index (χ0n) is 54.7. The summed E-state index contributed by atoms with van der Waals surface area (Å²) in [6, 6.07) is 121. The fraction of sp³-hybridized carbons (Fsp3) is 0.0106. The smallest absolute Gasteiger partial charge is 0.238 e. The predicted octanol–water partition coefficient (Wildman–Crippen LogP) is 26.3. The molecule has 8 heteroatoms. The maximum atomic E-state index is 5.70. The van der Waals surface area contributed by atoms with Crippen LogP contribution in [-0.4, -0.2) is 24.1 Å². The summed E-state index contributed by atoms with van der Waals surface area (Å²) in [5, 5.41) is 12.5. The van der Waals surface area contributed by atoms with Crippen molar-refractivity contribution in [2.75, 3.05) is 0 Å². The van der Waals surface area contributed by atoms with Gasteiger partial charge in [-0.25, -0.2) is 4.98 Å². The summed E-state index contributed by atoms with van der Waals surface area (Å²) in [7, 11) is 0. The quantitative estimate of drug-likeness (QED) is 0.145. The summed E-state index contributed by atoms with van der Waals surface area (Å²) in [6.07, 6.45) is 0. The first-order chi connectivity index (χ1) is 50.5. The average Bonchev–Trinajstić information content (AvgIpc) is 1.58. The Bertz CT molecular complexity index is 7100. The van der Waals surface area contributed by atoms with Gasteiger partial charge in [-0.05, 0) is 193 Å². The molecule has 0 amide bonds. The number of rotatable bonds is 9. The number of aromatic nitrogens is 5. The van der Waals surface area contributed by atoms with Crippen molar-refractivity contribution in [2.45, 2.75) is 5.92 Å². The Kier molecular flexibility index (Phi) is 12.7. The second-order valence-corrected chi connectivity index (χ2v) is 30.2. The van der Waals surface area contributed by atoms with E-state index in [1.165, 1.54) is 132 Å². The van der Waals surface area contributed by atoms with Gasteiger partial charge in [0.25, 0.3) is 0 Å². The van der Waals surface area contributed by atoms with Crippen LogP contribution in [0.3, 0.4) is 0 Å². The highest BCUT2D eigenvalue weighted by Crippen LogP contribution is 2.50. The van der Waals surface area contributed by atoms with Crippen molar-refractivity contribution in [3.8, 4) is 89.8 Å². The molecule has 0 bridgehead atoms. The van der Waals surface area contributed by atoms with Gasteiger partial charge in [0.1, 0.15) is 5.82 Å². The molecule has 15 aromatic carbocycles. The van der Waals surface area contributed by atoms with Gasteiger partial charge >= 0.3 is 0 Å². The largest absolute Gasteiger partial charge is 0.309 e. The van der Waals surface area contributed by atoms with Crippen LogP contribution in [0.4, 0.5) is 0 Å². The minimum absolute atomic E-state index is 0.270. The fourth-order valence-corrected chi connectivity index (χ4v) is 19.7. The van der Waals surface area contributed by atoms with Gasteiger partial charge in [-0.15, -0.1) is 34.0 Å². The van der Waals surface area contributed by atoms with E-state index in [1.807, 2.05) is 34.0 Å². The highest BCUT2D eigenvalue weighted by molar-refractivity contribution is 7.26. The van der Waals surface area contributed by atoms with E-state index >= 15 is 0 Å². The monoisotopic (exact) mass is 1350 g/mol. The third kappa shape index (κ3) is 9.03. The Labute approximate surface area is 598 Å². The highest BCUT2D eigenvalue weighted by Gasteiger charge is 2.34. The third-order valence-electron chi connectivity index (χ3n) is 21.3. The molecule has 21 aromatic rings. The van der Waals surface area contributed by atoms with E-state index in [-0.39, 0.29) is 5.92 Å². The molecule has 0 N–H and O–H groups in total. The normalized spacial score (nSPS) is 13.0. The average molecular weight is 1350 g/mol. The van der Waals surface area contributed by atoms with Crippen LogP contribution in [0.5, 0.6) is 0 Å². The summed E-state index contributed by atoms with van der Waals surface area (Å²) >= 11 is 5.56.